The fraction of sp³-hybridized carbons (Fsp3) is 0.529. The Bertz CT molecular complexity index is 699. The summed E-state index contributed by atoms with van der Waals surface area (Å²) in [5.41, 5.74) is 1.49. The maximum Gasteiger partial charge on any atom is 0.228 e. The van der Waals surface area contributed by atoms with E-state index in [1.807, 2.05) is 29.2 Å². The van der Waals surface area contributed by atoms with Crippen molar-refractivity contribution in [3.8, 4) is 0 Å². The Morgan fingerprint density at radius 2 is 2.04 bits per heavy atom. The number of nitrogens with zero attached hydrogens (tertiary/aromatic N) is 3. The minimum Gasteiger partial charge on any atom is -0.356 e. The summed E-state index contributed by atoms with van der Waals surface area (Å²) in [6.07, 6.45) is 1.40. The van der Waals surface area contributed by atoms with Crippen molar-refractivity contribution >= 4 is 29.3 Å². The van der Waals surface area contributed by atoms with Crippen LogP contribution in [0.25, 0.3) is 11.0 Å². The zero-order valence-corrected chi connectivity index (χ0v) is 14.4. The van der Waals surface area contributed by atoms with Gasteiger partial charge in [-0.3, -0.25) is 9.69 Å². The highest BCUT2D eigenvalue weighted by Crippen LogP contribution is 2.21. The van der Waals surface area contributed by atoms with Crippen molar-refractivity contribution in [1.82, 2.24) is 20.3 Å². The van der Waals surface area contributed by atoms with Crippen LogP contribution >= 0.6 is 12.4 Å². The summed E-state index contributed by atoms with van der Waals surface area (Å²) < 4.78 is 5.29. The fourth-order valence-corrected chi connectivity index (χ4v) is 3.63. The summed E-state index contributed by atoms with van der Waals surface area (Å²) in [6, 6.07) is 8.21. The number of rotatable bonds is 3. The number of hydrogen-bond donors (Lipinski definition) is 1. The quantitative estimate of drug-likeness (QED) is 0.904. The highest BCUT2D eigenvalue weighted by atomic mass is 35.5. The van der Waals surface area contributed by atoms with Crippen molar-refractivity contribution in [3.63, 3.8) is 0 Å². The number of fused-ring (bicyclic) bond motifs is 1. The first-order valence-electron chi connectivity index (χ1n) is 8.37. The van der Waals surface area contributed by atoms with Crippen LogP contribution in [0, 0.1) is 0 Å². The Labute approximate surface area is 147 Å². The lowest BCUT2D eigenvalue weighted by atomic mass is 10.1. The summed E-state index contributed by atoms with van der Waals surface area (Å²) in [4.78, 5) is 17.1. The highest BCUT2D eigenvalue weighted by Gasteiger charge is 2.31. The van der Waals surface area contributed by atoms with Gasteiger partial charge in [-0.05, 0) is 18.6 Å². The number of amides is 1. The van der Waals surface area contributed by atoms with E-state index in [1.165, 1.54) is 0 Å². The van der Waals surface area contributed by atoms with Crippen molar-refractivity contribution < 1.29 is 9.32 Å². The normalized spacial score (nSPS) is 21.8. The molecule has 1 N–H and O–H groups in total. The number of benzene rings is 1. The van der Waals surface area contributed by atoms with Crippen LogP contribution in [0.4, 0.5) is 0 Å². The van der Waals surface area contributed by atoms with Gasteiger partial charge in [0.25, 0.3) is 0 Å². The van der Waals surface area contributed by atoms with Gasteiger partial charge >= 0.3 is 0 Å². The van der Waals surface area contributed by atoms with Crippen molar-refractivity contribution in [2.45, 2.75) is 18.9 Å². The van der Waals surface area contributed by atoms with Crippen LogP contribution in [0.2, 0.25) is 0 Å². The number of carbonyl (C=O) groups is 1. The van der Waals surface area contributed by atoms with Crippen LogP contribution in [0.5, 0.6) is 0 Å². The lowest BCUT2D eigenvalue weighted by Gasteiger charge is -2.32. The molecule has 1 unspecified atom stereocenters. The van der Waals surface area contributed by atoms with Gasteiger partial charge in [0.2, 0.25) is 5.91 Å². The van der Waals surface area contributed by atoms with Crippen LogP contribution in [-0.2, 0) is 11.2 Å². The van der Waals surface area contributed by atoms with Gasteiger partial charge in [-0.2, -0.15) is 0 Å². The van der Waals surface area contributed by atoms with E-state index in [2.05, 4.69) is 15.4 Å². The average Bonchev–Trinajstić information content (AvgIpc) is 3.24. The van der Waals surface area contributed by atoms with Crippen LogP contribution in [0.1, 0.15) is 12.1 Å². The van der Waals surface area contributed by atoms with Crippen LogP contribution < -0.4 is 5.32 Å². The Balaban J connectivity index is 0.00000169. The molecule has 2 fully saturated rings. The lowest BCUT2D eigenvalue weighted by Crippen LogP contribution is -2.49. The fourth-order valence-electron chi connectivity index (χ4n) is 3.63. The molecule has 0 radical (unpaired) electrons. The van der Waals surface area contributed by atoms with E-state index in [0.717, 1.165) is 62.4 Å². The van der Waals surface area contributed by atoms with Gasteiger partial charge in [-0.25, -0.2) is 0 Å². The topological polar surface area (TPSA) is 61.6 Å². The predicted octanol–water partition coefficient (Wildman–Crippen LogP) is 1.30. The first-order valence-corrected chi connectivity index (χ1v) is 8.37. The molecule has 130 valence electrons. The smallest absolute Gasteiger partial charge is 0.228 e. The van der Waals surface area contributed by atoms with Crippen LogP contribution in [-0.4, -0.2) is 66.2 Å². The molecule has 0 bridgehead atoms. The largest absolute Gasteiger partial charge is 0.356 e. The monoisotopic (exact) mass is 350 g/mol. The summed E-state index contributed by atoms with van der Waals surface area (Å²) in [5.74, 6) is 0.154. The Hall–Kier alpha value is -1.63. The molecule has 0 saturated carbocycles. The Kier molecular flexibility index (Phi) is 5.38. The van der Waals surface area contributed by atoms with Gasteiger partial charge < -0.3 is 14.7 Å². The molecule has 6 nitrogen and oxygen atoms in total. The van der Waals surface area contributed by atoms with Crippen molar-refractivity contribution in [2.75, 3.05) is 39.3 Å². The van der Waals surface area contributed by atoms with Gasteiger partial charge in [-0.1, -0.05) is 17.3 Å². The molecule has 3 heterocycles. The SMILES string of the molecule is Cl.O=C(Cc1noc2ccccc12)N1CCC(N2CCNCC2)C1. The third-order valence-electron chi connectivity index (χ3n) is 4.95. The standard InChI is InChI=1S/C17H22N4O2.ClH/c22-17(11-15-14-3-1-2-4-16(14)23-19-15)21-8-5-13(12-21)20-9-6-18-7-10-20;/h1-4,13,18H,5-12H2;1H. The molecule has 2 aliphatic heterocycles. The van der Waals surface area contributed by atoms with Crippen LogP contribution in [0.3, 0.4) is 0 Å². The number of piperazine rings is 1. The molecule has 4 rings (SSSR count). The molecular formula is C17H23ClN4O2. The molecule has 2 aromatic rings. The number of carbonyl (C=O) groups excluding carboxylic acids is 1. The van der Waals surface area contributed by atoms with Crippen molar-refractivity contribution in [3.05, 3.63) is 30.0 Å². The van der Waals surface area contributed by atoms with Crippen LogP contribution in [0.15, 0.2) is 28.8 Å². The maximum absolute atomic E-state index is 12.6. The van der Waals surface area contributed by atoms with E-state index in [9.17, 15) is 4.79 Å². The number of nitrogens with one attached hydrogen (secondary N) is 1. The second kappa shape index (κ2) is 7.51. The van der Waals surface area contributed by atoms with E-state index in [1.54, 1.807) is 0 Å². The number of likely N-dealkylation sites (tertiary alicyclic amines) is 1. The summed E-state index contributed by atoms with van der Waals surface area (Å²) in [7, 11) is 0. The predicted molar refractivity (Wildman–Crippen MR) is 94.4 cm³/mol. The highest BCUT2D eigenvalue weighted by molar-refractivity contribution is 5.86. The number of aromatic nitrogens is 1. The van der Waals surface area contributed by atoms with E-state index in [0.29, 0.717) is 12.5 Å². The third-order valence-corrected chi connectivity index (χ3v) is 4.95. The number of para-hydroxylation sites is 1. The second-order valence-corrected chi connectivity index (χ2v) is 6.37. The van der Waals surface area contributed by atoms with E-state index < -0.39 is 0 Å². The Morgan fingerprint density at radius 1 is 1.25 bits per heavy atom. The number of hydrogen-bond acceptors (Lipinski definition) is 5. The Morgan fingerprint density at radius 3 is 2.88 bits per heavy atom. The first-order chi connectivity index (χ1) is 11.3. The van der Waals surface area contributed by atoms with Gasteiger partial charge in [0.05, 0.1) is 6.42 Å². The minimum atomic E-state index is 0. The summed E-state index contributed by atoms with van der Waals surface area (Å²) >= 11 is 0. The summed E-state index contributed by atoms with van der Waals surface area (Å²) in [6.45, 7) is 5.96. The van der Waals surface area contributed by atoms with E-state index in [4.69, 9.17) is 4.52 Å². The molecule has 0 spiro atoms. The van der Waals surface area contributed by atoms with Gasteiger partial charge in [0.15, 0.2) is 5.58 Å². The maximum atomic E-state index is 12.6. The van der Waals surface area contributed by atoms with Crippen molar-refractivity contribution in [1.29, 1.82) is 0 Å². The molecule has 1 amide bonds. The summed E-state index contributed by atoms with van der Waals surface area (Å²) in [5, 5.41) is 8.40. The molecule has 24 heavy (non-hydrogen) atoms. The van der Waals surface area contributed by atoms with Gasteiger partial charge in [0, 0.05) is 50.7 Å². The molecular weight excluding hydrogens is 328 g/mol. The van der Waals surface area contributed by atoms with E-state index >= 15 is 0 Å². The van der Waals surface area contributed by atoms with Gasteiger partial charge in [-0.15, -0.1) is 12.4 Å². The molecule has 1 aromatic carbocycles. The zero-order chi connectivity index (χ0) is 15.6. The average molecular weight is 351 g/mol. The molecule has 2 saturated heterocycles. The lowest BCUT2D eigenvalue weighted by molar-refractivity contribution is -0.129. The molecule has 2 aliphatic rings. The third kappa shape index (κ3) is 3.41. The second-order valence-electron chi connectivity index (χ2n) is 6.37. The molecule has 1 atom stereocenters. The molecule has 7 heteroatoms. The van der Waals surface area contributed by atoms with E-state index in [-0.39, 0.29) is 18.3 Å². The minimum absolute atomic E-state index is 0. The molecule has 1 aromatic heterocycles. The van der Waals surface area contributed by atoms with Crippen molar-refractivity contribution in [2.24, 2.45) is 0 Å². The zero-order valence-electron chi connectivity index (χ0n) is 13.6. The van der Waals surface area contributed by atoms with Gasteiger partial charge in [0.1, 0.15) is 5.69 Å². The number of halogens is 1. The first kappa shape index (κ1) is 17.2. The molecule has 0 aliphatic carbocycles.